The highest BCUT2D eigenvalue weighted by molar-refractivity contribution is 5.92. The van der Waals surface area contributed by atoms with Crippen molar-refractivity contribution in [1.29, 1.82) is 15.8 Å². The number of aromatic nitrogens is 3. The molecule has 4 rings (SSSR count). The van der Waals surface area contributed by atoms with Crippen LogP contribution in [0.5, 0.6) is 0 Å². The molecule has 0 N–H and O–H groups in total. The van der Waals surface area contributed by atoms with Gasteiger partial charge in [0.2, 0.25) is 0 Å². The molecule has 1 aliphatic heterocycles. The fourth-order valence-corrected chi connectivity index (χ4v) is 4.14. The van der Waals surface area contributed by atoms with E-state index in [-0.39, 0.29) is 22.9 Å². The Morgan fingerprint density at radius 3 is 2.47 bits per heavy atom. The number of aryl methyl sites for hydroxylation is 1. The van der Waals surface area contributed by atoms with Gasteiger partial charge in [-0.3, -0.25) is 9.69 Å². The third-order valence-electron chi connectivity index (χ3n) is 5.81. The van der Waals surface area contributed by atoms with E-state index in [9.17, 15) is 15.3 Å². The van der Waals surface area contributed by atoms with Gasteiger partial charge in [-0.1, -0.05) is 6.07 Å². The van der Waals surface area contributed by atoms with E-state index < -0.39 is 0 Å². The summed E-state index contributed by atoms with van der Waals surface area (Å²) in [5.74, 6) is 0. The van der Waals surface area contributed by atoms with Gasteiger partial charge in [0.25, 0.3) is 5.56 Å². The van der Waals surface area contributed by atoms with Crippen LogP contribution < -0.4 is 10.5 Å². The van der Waals surface area contributed by atoms with Crippen LogP contribution in [0.3, 0.4) is 0 Å². The molecular weight excluding hydrogens is 404 g/mol. The normalized spacial score (nSPS) is 16.3. The molecule has 9 heteroatoms. The van der Waals surface area contributed by atoms with Crippen molar-refractivity contribution in [2.75, 3.05) is 24.5 Å². The van der Waals surface area contributed by atoms with E-state index in [1.54, 1.807) is 25.2 Å². The Hall–Kier alpha value is -4.26. The van der Waals surface area contributed by atoms with Gasteiger partial charge in [-0.15, -0.1) is 0 Å². The van der Waals surface area contributed by atoms with Crippen LogP contribution >= 0.6 is 0 Å². The topological polar surface area (TPSA) is 126 Å². The molecule has 0 aromatic carbocycles. The van der Waals surface area contributed by atoms with Gasteiger partial charge in [0.1, 0.15) is 40.7 Å². The summed E-state index contributed by atoms with van der Waals surface area (Å²) < 4.78 is 1.40. The Kier molecular flexibility index (Phi) is 5.55. The van der Waals surface area contributed by atoms with Gasteiger partial charge in [0.05, 0.1) is 16.9 Å². The maximum atomic E-state index is 12.9. The molecule has 0 aliphatic carbocycles. The highest BCUT2D eigenvalue weighted by atomic mass is 16.1. The minimum absolute atomic E-state index is 0.0339. The lowest BCUT2D eigenvalue weighted by atomic mass is 10.1. The molecular formula is C23H20N8O. The Bertz CT molecular complexity index is 1390. The summed E-state index contributed by atoms with van der Waals surface area (Å²) >= 11 is 0. The molecule has 0 spiro atoms. The zero-order valence-electron chi connectivity index (χ0n) is 17.8. The van der Waals surface area contributed by atoms with Crippen molar-refractivity contribution in [2.24, 2.45) is 7.05 Å². The van der Waals surface area contributed by atoms with Crippen LogP contribution in [0.15, 0.2) is 35.1 Å². The van der Waals surface area contributed by atoms with E-state index in [1.807, 2.05) is 23.1 Å². The summed E-state index contributed by atoms with van der Waals surface area (Å²) in [6.07, 6.45) is 0. The van der Waals surface area contributed by atoms with Crippen LogP contribution in [0, 0.1) is 34.0 Å². The number of hydrogen-bond donors (Lipinski definition) is 0. The van der Waals surface area contributed by atoms with Gasteiger partial charge in [0, 0.05) is 39.3 Å². The molecule has 1 atom stereocenters. The van der Waals surface area contributed by atoms with Crippen molar-refractivity contribution in [3.05, 3.63) is 63.3 Å². The molecule has 0 unspecified atom stereocenters. The van der Waals surface area contributed by atoms with E-state index in [1.165, 1.54) is 4.57 Å². The van der Waals surface area contributed by atoms with Gasteiger partial charge >= 0.3 is 0 Å². The number of fused-ring (bicyclic) bond motifs is 1. The third-order valence-corrected chi connectivity index (χ3v) is 5.81. The number of piperazine rings is 1. The molecule has 0 radical (unpaired) electrons. The molecule has 3 aromatic heterocycles. The van der Waals surface area contributed by atoms with Gasteiger partial charge < -0.3 is 9.47 Å². The fourth-order valence-electron chi connectivity index (χ4n) is 4.14. The first-order valence-electron chi connectivity index (χ1n) is 10.2. The summed E-state index contributed by atoms with van der Waals surface area (Å²) in [5.41, 5.74) is 2.64. The number of hydrogen-bond acceptors (Lipinski definition) is 8. The Morgan fingerprint density at radius 1 is 1.03 bits per heavy atom. The molecule has 158 valence electrons. The Balaban J connectivity index is 1.69. The van der Waals surface area contributed by atoms with Gasteiger partial charge in [0.15, 0.2) is 0 Å². The number of rotatable bonds is 3. The second kappa shape index (κ2) is 8.47. The molecule has 9 nitrogen and oxygen atoms in total. The molecule has 32 heavy (non-hydrogen) atoms. The number of pyridine rings is 3. The van der Waals surface area contributed by atoms with Crippen molar-refractivity contribution >= 4 is 16.7 Å². The SMILES string of the molecule is C[C@@H]1CN(c2c(C#N)c(=O)n(C)c3ccc(C#N)nc23)CCN1Cc1cccc(C#N)n1. The van der Waals surface area contributed by atoms with Gasteiger partial charge in [-0.2, -0.15) is 15.8 Å². The number of anilines is 1. The highest BCUT2D eigenvalue weighted by Gasteiger charge is 2.29. The molecule has 0 saturated carbocycles. The standard InChI is InChI=1S/C23H20N8O/c1-15-13-31(9-8-30(15)14-18-5-3-4-16(10-24)27-18)22-19(12-26)23(32)29(2)20-7-6-17(11-25)28-21(20)22/h3-7,15H,8-9,13-14H2,1-2H3/t15-/m1/s1. The summed E-state index contributed by atoms with van der Waals surface area (Å²) in [7, 11) is 1.60. The van der Waals surface area contributed by atoms with Gasteiger partial charge in [-0.25, -0.2) is 9.97 Å². The lowest BCUT2D eigenvalue weighted by Crippen LogP contribution is -2.52. The van der Waals surface area contributed by atoms with Crippen molar-refractivity contribution in [2.45, 2.75) is 19.5 Å². The lowest BCUT2D eigenvalue weighted by Gasteiger charge is -2.41. The second-order valence-corrected chi connectivity index (χ2v) is 7.77. The Labute approximate surface area is 185 Å². The molecule has 0 amide bonds. The maximum Gasteiger partial charge on any atom is 0.270 e. The average Bonchev–Trinajstić information content (AvgIpc) is 2.82. The van der Waals surface area contributed by atoms with Gasteiger partial charge in [-0.05, 0) is 31.2 Å². The molecule has 0 bridgehead atoms. The van der Waals surface area contributed by atoms with Crippen LogP contribution in [-0.4, -0.2) is 45.1 Å². The Morgan fingerprint density at radius 2 is 1.78 bits per heavy atom. The molecule has 1 fully saturated rings. The fraction of sp³-hybridized carbons (Fsp3) is 0.304. The van der Waals surface area contributed by atoms with Crippen molar-refractivity contribution in [3.63, 3.8) is 0 Å². The predicted octanol–water partition coefficient (Wildman–Crippen LogP) is 1.65. The van der Waals surface area contributed by atoms with E-state index in [0.717, 1.165) is 5.69 Å². The summed E-state index contributed by atoms with van der Waals surface area (Å²) in [6, 6.07) is 14.9. The van der Waals surface area contributed by atoms with Crippen molar-refractivity contribution in [1.82, 2.24) is 19.4 Å². The zero-order chi connectivity index (χ0) is 22.8. The smallest absolute Gasteiger partial charge is 0.270 e. The minimum atomic E-state index is -0.380. The monoisotopic (exact) mass is 424 g/mol. The summed E-state index contributed by atoms with van der Waals surface area (Å²) in [6.45, 7) is 4.51. The van der Waals surface area contributed by atoms with Crippen LogP contribution in [0.2, 0.25) is 0 Å². The number of nitriles is 3. The third kappa shape index (κ3) is 3.65. The quantitative estimate of drug-likeness (QED) is 0.621. The lowest BCUT2D eigenvalue weighted by molar-refractivity contribution is 0.179. The van der Waals surface area contributed by atoms with Crippen LogP contribution in [0.4, 0.5) is 5.69 Å². The highest BCUT2D eigenvalue weighted by Crippen LogP contribution is 2.29. The minimum Gasteiger partial charge on any atom is -0.366 e. The maximum absolute atomic E-state index is 12.9. The van der Waals surface area contributed by atoms with Crippen LogP contribution in [0.25, 0.3) is 11.0 Å². The molecule has 4 heterocycles. The van der Waals surface area contributed by atoms with Crippen molar-refractivity contribution in [3.8, 4) is 18.2 Å². The predicted molar refractivity (Wildman–Crippen MR) is 117 cm³/mol. The van der Waals surface area contributed by atoms with Crippen LogP contribution in [0.1, 0.15) is 29.6 Å². The van der Waals surface area contributed by atoms with Crippen molar-refractivity contribution < 1.29 is 0 Å². The van der Waals surface area contributed by atoms with E-state index in [4.69, 9.17) is 5.26 Å². The first-order chi connectivity index (χ1) is 15.5. The zero-order valence-corrected chi connectivity index (χ0v) is 17.8. The average molecular weight is 424 g/mol. The van der Waals surface area contributed by atoms with E-state index in [2.05, 4.69) is 33.9 Å². The second-order valence-electron chi connectivity index (χ2n) is 7.77. The molecule has 1 saturated heterocycles. The van der Waals surface area contributed by atoms with Crippen LogP contribution in [-0.2, 0) is 13.6 Å². The summed E-state index contributed by atoms with van der Waals surface area (Å²) in [5, 5.41) is 28.2. The summed E-state index contributed by atoms with van der Waals surface area (Å²) in [4.78, 5) is 25.9. The first kappa shape index (κ1) is 21.0. The molecule has 3 aromatic rings. The van der Waals surface area contributed by atoms with E-state index >= 15 is 0 Å². The van der Waals surface area contributed by atoms with E-state index in [0.29, 0.717) is 48.6 Å². The number of nitrogens with zero attached hydrogens (tertiary/aromatic N) is 8. The first-order valence-corrected chi connectivity index (χ1v) is 10.2. The molecule has 1 aliphatic rings. The largest absolute Gasteiger partial charge is 0.366 e.